The molecule has 0 saturated heterocycles. The average Bonchev–Trinajstić information content (AvgIpc) is 2.35. The number of hydrogen-bond acceptors (Lipinski definition) is 3. The van der Waals surface area contributed by atoms with Gasteiger partial charge in [0.25, 0.3) is 0 Å². The molecule has 1 amide bonds. The van der Waals surface area contributed by atoms with E-state index in [9.17, 15) is 18.0 Å². The van der Waals surface area contributed by atoms with Crippen molar-refractivity contribution in [2.24, 2.45) is 0 Å². The number of thioether (sulfide) groups is 1. The summed E-state index contributed by atoms with van der Waals surface area (Å²) in [4.78, 5) is 11.3. The van der Waals surface area contributed by atoms with Crippen LogP contribution in [0.15, 0.2) is 24.3 Å². The first kappa shape index (κ1) is 17.1. The lowest BCUT2D eigenvalue weighted by molar-refractivity contribution is -0.201. The first-order chi connectivity index (χ1) is 9.29. The molecule has 0 aliphatic carbocycles. The number of aliphatic hydroxyl groups is 1. The van der Waals surface area contributed by atoms with Crippen molar-refractivity contribution in [3.8, 4) is 0 Å². The van der Waals surface area contributed by atoms with Crippen molar-refractivity contribution in [2.45, 2.75) is 18.0 Å². The predicted molar refractivity (Wildman–Crippen MR) is 72.7 cm³/mol. The van der Waals surface area contributed by atoms with Crippen LogP contribution >= 0.6 is 23.4 Å². The highest BCUT2D eigenvalue weighted by Gasteiger charge is 2.38. The number of nitrogens with one attached hydrogen (secondary N) is 1. The smallest absolute Gasteiger partial charge is 0.382 e. The van der Waals surface area contributed by atoms with E-state index in [-0.39, 0.29) is 5.75 Å². The monoisotopic (exact) mass is 327 g/mol. The van der Waals surface area contributed by atoms with E-state index in [0.717, 1.165) is 5.56 Å². The lowest BCUT2D eigenvalue weighted by Crippen LogP contribution is -2.41. The molecule has 3 nitrogen and oxygen atoms in total. The van der Waals surface area contributed by atoms with E-state index in [1.807, 2.05) is 11.4 Å². The summed E-state index contributed by atoms with van der Waals surface area (Å²) in [5, 5.41) is 11.3. The van der Waals surface area contributed by atoms with E-state index >= 15 is 0 Å². The van der Waals surface area contributed by atoms with Crippen molar-refractivity contribution in [2.75, 3.05) is 12.3 Å². The Labute approximate surface area is 123 Å². The van der Waals surface area contributed by atoms with E-state index in [2.05, 4.69) is 0 Å². The summed E-state index contributed by atoms with van der Waals surface area (Å²) < 4.78 is 36.0. The average molecular weight is 328 g/mol. The number of carbonyl (C=O) groups is 1. The third-order valence-corrected chi connectivity index (χ3v) is 3.50. The standard InChI is InChI=1S/C12H13ClF3NO2S/c13-9-3-1-2-8(4-9)6-20-7-11(19)17-5-10(18)12(14,15)16/h1-4,10,18H,5-7H2,(H,17,19). The first-order valence-corrected chi connectivity index (χ1v) is 7.16. The molecule has 0 radical (unpaired) electrons. The van der Waals surface area contributed by atoms with Gasteiger partial charge in [-0.05, 0) is 17.7 Å². The van der Waals surface area contributed by atoms with Gasteiger partial charge < -0.3 is 10.4 Å². The van der Waals surface area contributed by atoms with Crippen molar-refractivity contribution in [3.63, 3.8) is 0 Å². The van der Waals surface area contributed by atoms with Gasteiger partial charge in [-0.1, -0.05) is 23.7 Å². The van der Waals surface area contributed by atoms with Gasteiger partial charge in [-0.2, -0.15) is 13.2 Å². The van der Waals surface area contributed by atoms with Crippen LogP contribution in [0.1, 0.15) is 5.56 Å². The number of rotatable bonds is 6. The van der Waals surface area contributed by atoms with Crippen LogP contribution in [0.3, 0.4) is 0 Å². The van der Waals surface area contributed by atoms with E-state index in [4.69, 9.17) is 16.7 Å². The van der Waals surface area contributed by atoms with Gasteiger partial charge in [-0.3, -0.25) is 4.79 Å². The van der Waals surface area contributed by atoms with Crippen molar-refractivity contribution >= 4 is 29.3 Å². The van der Waals surface area contributed by atoms with Gasteiger partial charge in [0.2, 0.25) is 5.91 Å². The summed E-state index contributed by atoms with van der Waals surface area (Å²) in [6.07, 6.45) is -7.26. The van der Waals surface area contributed by atoms with Crippen LogP contribution in [0, 0.1) is 0 Å². The molecule has 0 fully saturated rings. The fraction of sp³-hybridized carbons (Fsp3) is 0.417. The first-order valence-electron chi connectivity index (χ1n) is 5.62. The lowest BCUT2D eigenvalue weighted by Gasteiger charge is -2.14. The van der Waals surface area contributed by atoms with E-state index in [0.29, 0.717) is 10.8 Å². The van der Waals surface area contributed by atoms with Crippen molar-refractivity contribution in [1.29, 1.82) is 0 Å². The Morgan fingerprint density at radius 1 is 1.45 bits per heavy atom. The van der Waals surface area contributed by atoms with Crippen LogP contribution in [0.2, 0.25) is 5.02 Å². The number of aliphatic hydroxyl groups excluding tert-OH is 1. The quantitative estimate of drug-likeness (QED) is 0.844. The zero-order valence-corrected chi connectivity index (χ0v) is 11.9. The SMILES string of the molecule is O=C(CSCc1cccc(Cl)c1)NCC(O)C(F)(F)F. The topological polar surface area (TPSA) is 49.3 Å². The van der Waals surface area contributed by atoms with Crippen LogP contribution in [0.4, 0.5) is 13.2 Å². The molecule has 20 heavy (non-hydrogen) atoms. The molecule has 0 aromatic heterocycles. The maximum atomic E-state index is 12.0. The molecular formula is C12H13ClF3NO2S. The largest absolute Gasteiger partial charge is 0.416 e. The molecule has 2 N–H and O–H groups in total. The van der Waals surface area contributed by atoms with Crippen LogP contribution in [-0.4, -0.2) is 35.6 Å². The second kappa shape index (κ2) is 7.75. The summed E-state index contributed by atoms with van der Waals surface area (Å²) in [5.74, 6) is -0.0206. The number of halogens is 4. The molecule has 112 valence electrons. The summed E-state index contributed by atoms with van der Waals surface area (Å²) in [6, 6.07) is 7.09. The maximum Gasteiger partial charge on any atom is 0.416 e. The molecule has 1 unspecified atom stereocenters. The predicted octanol–water partition coefficient (Wildman–Crippen LogP) is 2.61. The van der Waals surface area contributed by atoms with Gasteiger partial charge in [0, 0.05) is 10.8 Å². The second-order valence-corrected chi connectivity index (χ2v) is 5.41. The molecule has 8 heteroatoms. The normalized spacial score (nSPS) is 13.1. The van der Waals surface area contributed by atoms with E-state index in [1.54, 1.807) is 18.2 Å². The summed E-state index contributed by atoms with van der Waals surface area (Å²) in [7, 11) is 0. The maximum absolute atomic E-state index is 12.0. The van der Waals surface area contributed by atoms with E-state index < -0.39 is 24.7 Å². The zero-order chi connectivity index (χ0) is 15.2. The summed E-state index contributed by atoms with van der Waals surface area (Å²) in [5.41, 5.74) is 0.922. The Balaban J connectivity index is 2.24. The van der Waals surface area contributed by atoms with Crippen LogP contribution in [0.5, 0.6) is 0 Å². The highest BCUT2D eigenvalue weighted by molar-refractivity contribution is 7.99. The summed E-state index contributed by atoms with van der Waals surface area (Å²) >= 11 is 7.04. The molecule has 0 spiro atoms. The molecule has 0 aliphatic heterocycles. The highest BCUT2D eigenvalue weighted by Crippen LogP contribution is 2.19. The molecule has 0 heterocycles. The van der Waals surface area contributed by atoms with E-state index in [1.165, 1.54) is 11.8 Å². The van der Waals surface area contributed by atoms with Gasteiger partial charge >= 0.3 is 6.18 Å². The summed E-state index contributed by atoms with van der Waals surface area (Å²) in [6.45, 7) is -0.833. The van der Waals surface area contributed by atoms with Gasteiger partial charge in [0.05, 0.1) is 12.3 Å². The lowest BCUT2D eigenvalue weighted by atomic mass is 10.2. The zero-order valence-electron chi connectivity index (χ0n) is 10.3. The third-order valence-electron chi connectivity index (χ3n) is 2.26. The molecule has 0 bridgehead atoms. The van der Waals surface area contributed by atoms with Gasteiger partial charge in [-0.15, -0.1) is 11.8 Å². The van der Waals surface area contributed by atoms with Crippen LogP contribution in [-0.2, 0) is 10.5 Å². The number of amides is 1. The molecule has 1 atom stereocenters. The molecular weight excluding hydrogens is 315 g/mol. The molecule has 0 aliphatic rings. The minimum atomic E-state index is -4.72. The Hall–Kier alpha value is -0.920. The van der Waals surface area contributed by atoms with Gasteiger partial charge in [-0.25, -0.2) is 0 Å². The number of hydrogen-bond donors (Lipinski definition) is 2. The minimum absolute atomic E-state index is 0.0110. The highest BCUT2D eigenvalue weighted by atomic mass is 35.5. The fourth-order valence-corrected chi connectivity index (χ4v) is 2.28. The second-order valence-electron chi connectivity index (χ2n) is 3.98. The van der Waals surface area contributed by atoms with Crippen LogP contribution in [0.25, 0.3) is 0 Å². The van der Waals surface area contributed by atoms with Gasteiger partial charge in [0.1, 0.15) is 0 Å². The van der Waals surface area contributed by atoms with Crippen molar-refractivity contribution in [3.05, 3.63) is 34.9 Å². The molecule has 1 aromatic rings. The number of benzene rings is 1. The third kappa shape index (κ3) is 6.49. The minimum Gasteiger partial charge on any atom is -0.382 e. The van der Waals surface area contributed by atoms with Crippen molar-refractivity contribution in [1.82, 2.24) is 5.32 Å². The van der Waals surface area contributed by atoms with Gasteiger partial charge in [0.15, 0.2) is 6.10 Å². The number of alkyl halides is 3. The molecule has 0 saturated carbocycles. The Bertz CT molecular complexity index is 457. The molecule has 1 aromatic carbocycles. The Kier molecular flexibility index (Phi) is 6.64. The van der Waals surface area contributed by atoms with Crippen molar-refractivity contribution < 1.29 is 23.1 Å². The van der Waals surface area contributed by atoms with Crippen LogP contribution < -0.4 is 5.32 Å². The Morgan fingerprint density at radius 2 is 2.15 bits per heavy atom. The fourth-order valence-electron chi connectivity index (χ4n) is 1.27. The number of carbonyl (C=O) groups excluding carboxylic acids is 1. The molecule has 1 rings (SSSR count). The Morgan fingerprint density at radius 3 is 2.75 bits per heavy atom.